The van der Waals surface area contributed by atoms with Crippen molar-refractivity contribution >= 4 is 23.0 Å². The molecule has 1 aliphatic rings. The lowest BCUT2D eigenvalue weighted by Gasteiger charge is -2.29. The second kappa shape index (κ2) is 9.08. The monoisotopic (exact) mass is 454 g/mol. The summed E-state index contributed by atoms with van der Waals surface area (Å²) in [5, 5.41) is 4.22. The minimum atomic E-state index is -0.0945. The van der Waals surface area contributed by atoms with Crippen LogP contribution in [0.4, 0.5) is 5.69 Å². The lowest BCUT2D eigenvalue weighted by atomic mass is 10.0. The fourth-order valence-electron chi connectivity index (χ4n) is 4.49. The Morgan fingerprint density at radius 1 is 0.970 bits per heavy atom. The van der Waals surface area contributed by atoms with Crippen LogP contribution in [-0.2, 0) is 0 Å². The van der Waals surface area contributed by atoms with Crippen molar-refractivity contribution in [3.8, 4) is 11.4 Å². The molecule has 4 aromatic rings. The predicted octanol–water partition coefficient (Wildman–Crippen LogP) is 5.76. The molecule has 0 spiro atoms. The molecule has 33 heavy (non-hydrogen) atoms. The lowest BCUT2D eigenvalue weighted by molar-refractivity contribution is 0.340. The Morgan fingerprint density at radius 3 is 2.48 bits per heavy atom. The Hall–Kier alpha value is -3.64. The zero-order valence-electron chi connectivity index (χ0n) is 18.7. The van der Waals surface area contributed by atoms with Gasteiger partial charge in [-0.2, -0.15) is 0 Å². The Bertz CT molecular complexity index is 1250. The van der Waals surface area contributed by atoms with Crippen LogP contribution in [0.15, 0.2) is 91.3 Å². The van der Waals surface area contributed by atoms with Gasteiger partial charge in [-0.15, -0.1) is 0 Å². The molecule has 6 heteroatoms. The van der Waals surface area contributed by atoms with Crippen LogP contribution in [-0.4, -0.2) is 21.3 Å². The van der Waals surface area contributed by atoms with E-state index in [1.807, 2.05) is 37.4 Å². The SMILES string of the molecule is CCOc1ccc(N2C(=S)N[C@H](c3ccccn3)[C@H]2c2cccn2-c2ccccc2C)cc1. The largest absolute Gasteiger partial charge is 0.494 e. The number of anilines is 1. The number of rotatable bonds is 6. The molecule has 0 saturated carbocycles. The van der Waals surface area contributed by atoms with E-state index >= 15 is 0 Å². The van der Waals surface area contributed by atoms with Crippen LogP contribution in [0.2, 0.25) is 0 Å². The fourth-order valence-corrected chi connectivity index (χ4v) is 4.84. The average molecular weight is 455 g/mol. The highest BCUT2D eigenvalue weighted by Crippen LogP contribution is 2.42. The molecule has 1 fully saturated rings. The Kier molecular flexibility index (Phi) is 5.84. The minimum Gasteiger partial charge on any atom is -0.494 e. The number of pyridine rings is 1. The van der Waals surface area contributed by atoms with Gasteiger partial charge in [-0.25, -0.2) is 0 Å². The van der Waals surface area contributed by atoms with Gasteiger partial charge in [-0.3, -0.25) is 4.98 Å². The van der Waals surface area contributed by atoms with E-state index in [4.69, 9.17) is 17.0 Å². The topological polar surface area (TPSA) is 42.3 Å². The molecule has 0 amide bonds. The van der Waals surface area contributed by atoms with E-state index in [9.17, 15) is 0 Å². The van der Waals surface area contributed by atoms with Gasteiger partial charge in [0.1, 0.15) is 11.8 Å². The van der Waals surface area contributed by atoms with Crippen LogP contribution in [0, 0.1) is 6.92 Å². The van der Waals surface area contributed by atoms with Crippen molar-refractivity contribution in [2.45, 2.75) is 25.9 Å². The van der Waals surface area contributed by atoms with Crippen molar-refractivity contribution in [1.29, 1.82) is 0 Å². The van der Waals surface area contributed by atoms with E-state index in [-0.39, 0.29) is 12.1 Å². The number of benzene rings is 2. The van der Waals surface area contributed by atoms with Gasteiger partial charge in [0, 0.05) is 29.5 Å². The first kappa shape index (κ1) is 21.2. The first-order valence-electron chi connectivity index (χ1n) is 11.1. The van der Waals surface area contributed by atoms with Crippen LogP contribution >= 0.6 is 12.2 Å². The third-order valence-corrected chi connectivity index (χ3v) is 6.30. The molecule has 5 rings (SSSR count). The molecule has 1 aliphatic heterocycles. The van der Waals surface area contributed by atoms with Gasteiger partial charge >= 0.3 is 0 Å². The summed E-state index contributed by atoms with van der Waals surface area (Å²) in [5.41, 5.74) is 5.47. The zero-order valence-corrected chi connectivity index (χ0v) is 19.5. The summed E-state index contributed by atoms with van der Waals surface area (Å²) in [4.78, 5) is 6.85. The van der Waals surface area contributed by atoms with Crippen molar-refractivity contribution in [3.63, 3.8) is 0 Å². The number of hydrogen-bond donors (Lipinski definition) is 1. The number of thiocarbonyl (C=S) groups is 1. The molecule has 2 aromatic heterocycles. The van der Waals surface area contributed by atoms with E-state index in [2.05, 4.69) is 87.5 Å². The van der Waals surface area contributed by atoms with Crippen LogP contribution in [0.1, 0.15) is 36.0 Å². The Balaban J connectivity index is 1.64. The first-order chi connectivity index (χ1) is 16.2. The second-order valence-electron chi connectivity index (χ2n) is 8.01. The van der Waals surface area contributed by atoms with Crippen molar-refractivity contribution in [1.82, 2.24) is 14.9 Å². The fraction of sp³-hybridized carbons (Fsp3) is 0.185. The van der Waals surface area contributed by atoms with Gasteiger partial charge < -0.3 is 19.5 Å². The number of aryl methyl sites for hydroxylation is 1. The summed E-state index contributed by atoms with van der Waals surface area (Å²) in [7, 11) is 0. The van der Waals surface area contributed by atoms with Crippen LogP contribution in [0.25, 0.3) is 5.69 Å². The molecule has 2 aromatic carbocycles. The summed E-state index contributed by atoms with van der Waals surface area (Å²) in [6, 6.07) is 26.6. The third-order valence-electron chi connectivity index (χ3n) is 5.98. The standard InChI is InChI=1S/C27H26N4OS/c1-3-32-21-15-13-20(14-16-21)31-26(25(29-27(31)33)22-10-6-7-17-28-22)24-12-8-18-30(24)23-11-5-4-9-19(23)2/h4-18,25-26H,3H2,1-2H3,(H,29,33)/t25-,26-/m1/s1. The quantitative estimate of drug-likeness (QED) is 0.376. The van der Waals surface area contributed by atoms with Gasteiger partial charge in [0.15, 0.2) is 5.11 Å². The summed E-state index contributed by atoms with van der Waals surface area (Å²) in [5.74, 6) is 0.848. The maximum atomic E-state index is 5.87. The highest BCUT2D eigenvalue weighted by molar-refractivity contribution is 7.80. The van der Waals surface area contributed by atoms with Gasteiger partial charge in [0.2, 0.25) is 0 Å². The molecule has 5 nitrogen and oxygen atoms in total. The summed E-state index contributed by atoms with van der Waals surface area (Å²) in [6.45, 7) is 4.76. The molecule has 0 bridgehead atoms. The van der Waals surface area contributed by atoms with Crippen LogP contribution < -0.4 is 15.0 Å². The van der Waals surface area contributed by atoms with Gasteiger partial charge in [-0.1, -0.05) is 24.3 Å². The molecule has 1 N–H and O–H groups in total. The average Bonchev–Trinajstić information content (AvgIpc) is 3.45. The van der Waals surface area contributed by atoms with E-state index in [1.165, 1.54) is 5.56 Å². The van der Waals surface area contributed by atoms with Crippen molar-refractivity contribution in [3.05, 3.63) is 108 Å². The van der Waals surface area contributed by atoms with Crippen LogP contribution in [0.5, 0.6) is 5.75 Å². The number of aromatic nitrogens is 2. The number of nitrogens with one attached hydrogen (secondary N) is 1. The summed E-state index contributed by atoms with van der Waals surface area (Å²) < 4.78 is 7.91. The highest BCUT2D eigenvalue weighted by Gasteiger charge is 2.42. The summed E-state index contributed by atoms with van der Waals surface area (Å²) >= 11 is 5.87. The molecule has 2 atom stereocenters. The molecule has 0 aliphatic carbocycles. The van der Waals surface area contributed by atoms with E-state index in [1.54, 1.807) is 0 Å². The lowest BCUT2D eigenvalue weighted by Crippen LogP contribution is -2.30. The molecule has 3 heterocycles. The molecular formula is C27H26N4OS. The first-order valence-corrected chi connectivity index (χ1v) is 11.5. The molecular weight excluding hydrogens is 428 g/mol. The normalized spacial score (nSPS) is 17.8. The molecule has 0 unspecified atom stereocenters. The maximum Gasteiger partial charge on any atom is 0.174 e. The minimum absolute atomic E-state index is 0.0834. The predicted molar refractivity (Wildman–Crippen MR) is 136 cm³/mol. The highest BCUT2D eigenvalue weighted by atomic mass is 32.1. The summed E-state index contributed by atoms with van der Waals surface area (Å²) in [6.07, 6.45) is 3.95. The Labute approximate surface area is 199 Å². The Morgan fingerprint density at radius 2 is 1.76 bits per heavy atom. The zero-order chi connectivity index (χ0) is 22.8. The maximum absolute atomic E-state index is 5.87. The molecule has 166 valence electrons. The molecule has 1 saturated heterocycles. The van der Waals surface area contributed by atoms with E-state index in [0.717, 1.165) is 28.5 Å². The van der Waals surface area contributed by atoms with Crippen molar-refractivity contribution in [2.24, 2.45) is 0 Å². The van der Waals surface area contributed by atoms with E-state index < -0.39 is 0 Å². The number of ether oxygens (including phenoxy) is 1. The second-order valence-corrected chi connectivity index (χ2v) is 8.40. The van der Waals surface area contributed by atoms with Gasteiger partial charge in [-0.05, 0) is 86.2 Å². The number of hydrogen-bond acceptors (Lipinski definition) is 3. The van der Waals surface area contributed by atoms with E-state index in [0.29, 0.717) is 11.7 Å². The number of para-hydroxylation sites is 1. The van der Waals surface area contributed by atoms with Gasteiger partial charge in [0.05, 0.1) is 18.3 Å². The van der Waals surface area contributed by atoms with Crippen molar-refractivity contribution < 1.29 is 4.74 Å². The third kappa shape index (κ3) is 3.98. The van der Waals surface area contributed by atoms with Gasteiger partial charge in [0.25, 0.3) is 0 Å². The smallest absolute Gasteiger partial charge is 0.174 e. The van der Waals surface area contributed by atoms with Crippen LogP contribution in [0.3, 0.4) is 0 Å². The molecule has 0 radical (unpaired) electrons. The number of nitrogens with zero attached hydrogens (tertiary/aromatic N) is 3. The van der Waals surface area contributed by atoms with Crippen molar-refractivity contribution in [2.75, 3.05) is 11.5 Å².